The lowest BCUT2D eigenvalue weighted by molar-refractivity contribution is -0.118. The van der Waals surface area contributed by atoms with Crippen LogP contribution in [0.5, 0.6) is 11.5 Å². The summed E-state index contributed by atoms with van der Waals surface area (Å²) in [4.78, 5) is 29.1. The zero-order valence-electron chi connectivity index (χ0n) is 16.7. The molecule has 4 rings (SSSR count). The largest absolute Gasteiger partial charge is 0.493 e. The SMILES string of the molecule is COc1ccc(CC(=O)N=C2C=CC3C(=C2)NC(=O)C2=C3CCCC2)cc1OC. The average molecular weight is 392 g/mol. The van der Waals surface area contributed by atoms with Crippen LogP contribution in [0, 0.1) is 5.92 Å². The number of rotatable bonds is 4. The van der Waals surface area contributed by atoms with Crippen LogP contribution < -0.4 is 14.8 Å². The van der Waals surface area contributed by atoms with Crippen LogP contribution in [0.2, 0.25) is 0 Å². The molecule has 0 bridgehead atoms. The summed E-state index contributed by atoms with van der Waals surface area (Å²) in [5.41, 5.74) is 4.33. The van der Waals surface area contributed by atoms with Crippen LogP contribution in [0.3, 0.4) is 0 Å². The maximum atomic E-state index is 12.5. The number of carbonyl (C=O) groups excluding carboxylic acids is 2. The third-order valence-corrected chi connectivity index (χ3v) is 5.57. The lowest BCUT2D eigenvalue weighted by Crippen LogP contribution is -2.37. The number of allylic oxidation sites excluding steroid dienone is 3. The molecule has 0 radical (unpaired) electrons. The molecule has 0 aromatic heterocycles. The van der Waals surface area contributed by atoms with Gasteiger partial charge in [0.2, 0.25) is 0 Å². The summed E-state index contributed by atoms with van der Waals surface area (Å²) < 4.78 is 10.5. The van der Waals surface area contributed by atoms with Crippen molar-refractivity contribution in [2.75, 3.05) is 14.2 Å². The van der Waals surface area contributed by atoms with Crippen LogP contribution in [0.4, 0.5) is 0 Å². The van der Waals surface area contributed by atoms with E-state index in [2.05, 4.69) is 10.3 Å². The van der Waals surface area contributed by atoms with Crippen LogP contribution in [0.25, 0.3) is 0 Å². The molecule has 1 heterocycles. The van der Waals surface area contributed by atoms with Gasteiger partial charge in [-0.05, 0) is 61.1 Å². The number of methoxy groups -OCH3 is 2. The number of ether oxygens (including phenoxy) is 2. The van der Waals surface area contributed by atoms with E-state index in [1.807, 2.05) is 24.3 Å². The normalized spacial score (nSPS) is 21.9. The summed E-state index contributed by atoms with van der Waals surface area (Å²) in [6.07, 6.45) is 9.88. The first-order valence-electron chi connectivity index (χ1n) is 9.84. The van der Waals surface area contributed by atoms with E-state index in [0.717, 1.165) is 42.5 Å². The van der Waals surface area contributed by atoms with E-state index in [9.17, 15) is 9.59 Å². The van der Waals surface area contributed by atoms with Crippen LogP contribution in [-0.2, 0) is 16.0 Å². The first kappa shape index (κ1) is 19.2. The highest BCUT2D eigenvalue weighted by Gasteiger charge is 2.33. The molecule has 1 aromatic rings. The van der Waals surface area contributed by atoms with Gasteiger partial charge in [-0.2, -0.15) is 0 Å². The summed E-state index contributed by atoms with van der Waals surface area (Å²) >= 11 is 0. The minimum atomic E-state index is -0.258. The minimum absolute atomic E-state index is 0.00601. The molecule has 150 valence electrons. The molecule has 1 N–H and O–H groups in total. The van der Waals surface area contributed by atoms with Gasteiger partial charge in [-0.15, -0.1) is 0 Å². The molecule has 29 heavy (non-hydrogen) atoms. The Morgan fingerprint density at radius 3 is 2.76 bits per heavy atom. The van der Waals surface area contributed by atoms with Crippen LogP contribution in [0.1, 0.15) is 31.2 Å². The van der Waals surface area contributed by atoms with E-state index in [-0.39, 0.29) is 24.2 Å². The molecule has 2 amide bonds. The summed E-state index contributed by atoms with van der Waals surface area (Å²) in [5.74, 6) is 1.03. The Balaban J connectivity index is 1.51. The maximum absolute atomic E-state index is 12.5. The molecule has 1 aromatic carbocycles. The minimum Gasteiger partial charge on any atom is -0.493 e. The van der Waals surface area contributed by atoms with Crippen LogP contribution in [0.15, 0.2) is 58.3 Å². The number of fused-ring (bicyclic) bond motifs is 2. The summed E-state index contributed by atoms with van der Waals surface area (Å²) in [5, 5.41) is 2.99. The Morgan fingerprint density at radius 1 is 1.17 bits per heavy atom. The van der Waals surface area contributed by atoms with Gasteiger partial charge in [0.15, 0.2) is 11.5 Å². The van der Waals surface area contributed by atoms with Gasteiger partial charge in [-0.25, -0.2) is 4.99 Å². The van der Waals surface area contributed by atoms with Gasteiger partial charge in [0, 0.05) is 17.2 Å². The van der Waals surface area contributed by atoms with Gasteiger partial charge in [0.1, 0.15) is 0 Å². The number of carbonyl (C=O) groups is 2. The molecular weight excluding hydrogens is 368 g/mol. The number of hydrogen-bond donors (Lipinski definition) is 1. The Morgan fingerprint density at radius 2 is 1.97 bits per heavy atom. The third-order valence-electron chi connectivity index (χ3n) is 5.57. The van der Waals surface area contributed by atoms with Crippen molar-refractivity contribution in [3.05, 3.63) is 58.8 Å². The summed E-state index contributed by atoms with van der Waals surface area (Å²) in [7, 11) is 3.13. The van der Waals surface area contributed by atoms with Gasteiger partial charge >= 0.3 is 0 Å². The number of benzene rings is 1. The van der Waals surface area contributed by atoms with Crippen molar-refractivity contribution in [3.63, 3.8) is 0 Å². The van der Waals surface area contributed by atoms with E-state index >= 15 is 0 Å². The van der Waals surface area contributed by atoms with Crippen molar-refractivity contribution in [1.29, 1.82) is 0 Å². The molecule has 3 aliphatic rings. The van der Waals surface area contributed by atoms with Gasteiger partial charge in [-0.1, -0.05) is 12.1 Å². The quantitative estimate of drug-likeness (QED) is 0.853. The van der Waals surface area contributed by atoms with Gasteiger partial charge in [0.25, 0.3) is 11.8 Å². The fraction of sp³-hybridized carbons (Fsp3) is 0.348. The second kappa shape index (κ2) is 8.07. The Labute approximate surface area is 170 Å². The average Bonchev–Trinajstić information content (AvgIpc) is 2.73. The summed E-state index contributed by atoms with van der Waals surface area (Å²) in [6, 6.07) is 5.37. The molecule has 0 fully saturated rings. The van der Waals surface area contributed by atoms with Gasteiger partial charge < -0.3 is 14.8 Å². The number of nitrogens with zero attached hydrogens (tertiary/aromatic N) is 1. The highest BCUT2D eigenvalue weighted by atomic mass is 16.5. The maximum Gasteiger partial charge on any atom is 0.251 e. The highest BCUT2D eigenvalue weighted by Crippen LogP contribution is 2.38. The van der Waals surface area contributed by atoms with E-state index in [1.165, 1.54) is 5.57 Å². The van der Waals surface area contributed by atoms with E-state index in [1.54, 1.807) is 26.4 Å². The Hall–Kier alpha value is -3.15. The molecule has 6 nitrogen and oxygen atoms in total. The molecule has 2 aliphatic carbocycles. The smallest absolute Gasteiger partial charge is 0.251 e. The molecule has 0 spiro atoms. The second-order valence-corrected chi connectivity index (χ2v) is 7.40. The zero-order valence-corrected chi connectivity index (χ0v) is 16.7. The van der Waals surface area contributed by atoms with Crippen molar-refractivity contribution >= 4 is 17.5 Å². The zero-order chi connectivity index (χ0) is 20.4. The second-order valence-electron chi connectivity index (χ2n) is 7.40. The standard InChI is InChI=1S/C23H24N2O4/c1-28-20-10-7-14(11-21(20)29-2)12-22(26)24-15-8-9-17-16-5-3-4-6-18(16)23(27)25-19(17)13-15/h7-11,13,17H,3-6,12H2,1-2H3,(H,25,27). The van der Waals surface area contributed by atoms with Crippen molar-refractivity contribution in [1.82, 2.24) is 5.32 Å². The van der Waals surface area contributed by atoms with Crippen molar-refractivity contribution in [3.8, 4) is 11.5 Å². The third kappa shape index (κ3) is 3.88. The first-order chi connectivity index (χ1) is 14.1. The predicted molar refractivity (Wildman–Crippen MR) is 110 cm³/mol. The Bertz CT molecular complexity index is 985. The predicted octanol–water partition coefficient (Wildman–Crippen LogP) is 3.28. The molecular formula is C23H24N2O4. The number of aliphatic imine (C=N–C) groups is 1. The van der Waals surface area contributed by atoms with Gasteiger partial charge in [0.05, 0.1) is 26.4 Å². The number of nitrogens with one attached hydrogen (secondary N) is 1. The first-order valence-corrected chi connectivity index (χ1v) is 9.84. The highest BCUT2D eigenvalue weighted by molar-refractivity contribution is 6.11. The van der Waals surface area contributed by atoms with Gasteiger partial charge in [-0.3, -0.25) is 9.59 Å². The molecule has 1 unspecified atom stereocenters. The molecule has 0 saturated carbocycles. The molecule has 0 saturated heterocycles. The van der Waals surface area contributed by atoms with Crippen molar-refractivity contribution in [2.24, 2.45) is 10.9 Å². The van der Waals surface area contributed by atoms with E-state index in [4.69, 9.17) is 9.47 Å². The van der Waals surface area contributed by atoms with E-state index in [0.29, 0.717) is 17.2 Å². The number of amides is 2. The topological polar surface area (TPSA) is 77.0 Å². The molecule has 6 heteroatoms. The van der Waals surface area contributed by atoms with Crippen LogP contribution in [-0.4, -0.2) is 31.7 Å². The molecule has 1 atom stereocenters. The lowest BCUT2D eigenvalue weighted by atomic mass is 9.77. The fourth-order valence-corrected chi connectivity index (χ4v) is 4.17. The molecule has 1 aliphatic heterocycles. The Kier molecular flexibility index (Phi) is 5.34. The number of hydrogen-bond acceptors (Lipinski definition) is 4. The fourth-order valence-electron chi connectivity index (χ4n) is 4.17. The lowest BCUT2D eigenvalue weighted by Gasteiger charge is -2.33. The van der Waals surface area contributed by atoms with Crippen molar-refractivity contribution in [2.45, 2.75) is 32.1 Å². The summed E-state index contributed by atoms with van der Waals surface area (Å²) in [6.45, 7) is 0. The van der Waals surface area contributed by atoms with Crippen LogP contribution >= 0.6 is 0 Å². The van der Waals surface area contributed by atoms with Crippen molar-refractivity contribution < 1.29 is 19.1 Å². The van der Waals surface area contributed by atoms with E-state index < -0.39 is 0 Å². The monoisotopic (exact) mass is 392 g/mol.